The number of rotatable bonds is 3. The van der Waals surface area contributed by atoms with Crippen molar-refractivity contribution in [3.8, 4) is 0 Å². The van der Waals surface area contributed by atoms with E-state index < -0.39 is 0 Å². The topological polar surface area (TPSA) is 12.4 Å². The maximum atomic E-state index is 4.09. The fraction of sp³-hybridized carbons (Fsp3) is 0.833. The van der Waals surface area contributed by atoms with Crippen LogP contribution in [-0.2, 0) is 0 Å². The van der Waals surface area contributed by atoms with Crippen molar-refractivity contribution in [2.45, 2.75) is 13.8 Å². The Hall–Kier alpha value is 0.0200. The van der Waals surface area contributed by atoms with E-state index in [9.17, 15) is 0 Å². The standard InChI is InChI=1S/C6H13NS/c1-6(2)5-7-3-4-8/h5-6,8H,3-4H2,1-2H3. The minimum absolute atomic E-state index is 0.579. The molecule has 0 aromatic carbocycles. The van der Waals surface area contributed by atoms with Crippen LogP contribution in [0.25, 0.3) is 0 Å². The van der Waals surface area contributed by atoms with Gasteiger partial charge in [0.05, 0.1) is 0 Å². The Morgan fingerprint density at radius 1 is 1.62 bits per heavy atom. The molecule has 0 aromatic rings. The predicted octanol–water partition coefficient (Wildman–Crippen LogP) is 1.64. The largest absolute Gasteiger partial charge is 0.296 e. The Morgan fingerprint density at radius 2 is 2.25 bits per heavy atom. The first kappa shape index (κ1) is 8.02. The Morgan fingerprint density at radius 3 is 2.62 bits per heavy atom. The highest BCUT2D eigenvalue weighted by atomic mass is 32.1. The van der Waals surface area contributed by atoms with Crippen LogP contribution >= 0.6 is 12.6 Å². The molecule has 0 bridgehead atoms. The van der Waals surface area contributed by atoms with Gasteiger partial charge in [-0.1, -0.05) is 13.8 Å². The van der Waals surface area contributed by atoms with E-state index in [1.165, 1.54) is 0 Å². The van der Waals surface area contributed by atoms with E-state index in [1.54, 1.807) is 0 Å². The maximum absolute atomic E-state index is 4.09. The first-order valence-electron chi connectivity index (χ1n) is 2.88. The van der Waals surface area contributed by atoms with Crippen LogP contribution in [0.4, 0.5) is 0 Å². The molecule has 0 amide bonds. The molecule has 8 heavy (non-hydrogen) atoms. The van der Waals surface area contributed by atoms with E-state index in [1.807, 2.05) is 6.21 Å². The zero-order valence-corrected chi connectivity index (χ0v) is 6.36. The third kappa shape index (κ3) is 6.02. The second-order valence-electron chi connectivity index (χ2n) is 2.02. The number of hydrogen-bond acceptors (Lipinski definition) is 2. The molecule has 2 heteroatoms. The summed E-state index contributed by atoms with van der Waals surface area (Å²) in [5.74, 6) is 1.43. The fourth-order valence-corrected chi connectivity index (χ4v) is 0.459. The van der Waals surface area contributed by atoms with Crippen LogP contribution < -0.4 is 0 Å². The average Bonchev–Trinajstić information content (AvgIpc) is 1.66. The summed E-state index contributed by atoms with van der Waals surface area (Å²) in [6.45, 7) is 5.07. The smallest absolute Gasteiger partial charge is 0.0473 e. The molecule has 48 valence electrons. The second kappa shape index (κ2) is 5.16. The normalized spacial score (nSPS) is 11.5. The molecule has 0 aliphatic rings. The van der Waals surface area contributed by atoms with Crippen LogP contribution in [-0.4, -0.2) is 18.5 Å². The third-order valence-electron chi connectivity index (χ3n) is 0.633. The molecule has 0 saturated carbocycles. The molecule has 0 atom stereocenters. The van der Waals surface area contributed by atoms with Gasteiger partial charge in [-0.3, -0.25) is 4.99 Å². The maximum Gasteiger partial charge on any atom is 0.0473 e. The lowest BCUT2D eigenvalue weighted by atomic mass is 10.2. The Kier molecular flexibility index (Phi) is 5.18. The van der Waals surface area contributed by atoms with Crippen molar-refractivity contribution in [1.82, 2.24) is 0 Å². The molecular formula is C6H13NS. The molecule has 0 heterocycles. The molecule has 1 nitrogen and oxygen atoms in total. The number of aliphatic imine (C=N–C) groups is 1. The molecule has 0 aromatic heterocycles. The lowest BCUT2D eigenvalue weighted by molar-refractivity contribution is 0.898. The van der Waals surface area contributed by atoms with Crippen molar-refractivity contribution < 1.29 is 0 Å². The number of thiol groups is 1. The summed E-state index contributed by atoms with van der Waals surface area (Å²) in [5, 5.41) is 0. The van der Waals surface area contributed by atoms with E-state index in [0.717, 1.165) is 12.3 Å². The van der Waals surface area contributed by atoms with Gasteiger partial charge in [-0.05, 0) is 5.92 Å². The quantitative estimate of drug-likeness (QED) is 0.441. The van der Waals surface area contributed by atoms with Crippen molar-refractivity contribution >= 4 is 18.8 Å². The summed E-state index contributed by atoms with van der Waals surface area (Å²) in [6.07, 6.45) is 1.95. The van der Waals surface area contributed by atoms with Crippen LogP contribution in [0.5, 0.6) is 0 Å². The van der Waals surface area contributed by atoms with Gasteiger partial charge in [-0.15, -0.1) is 0 Å². The van der Waals surface area contributed by atoms with Crippen LogP contribution in [0.3, 0.4) is 0 Å². The number of nitrogens with zero attached hydrogens (tertiary/aromatic N) is 1. The number of hydrogen-bond donors (Lipinski definition) is 1. The van der Waals surface area contributed by atoms with Crippen LogP contribution in [0.1, 0.15) is 13.8 Å². The van der Waals surface area contributed by atoms with E-state index in [-0.39, 0.29) is 0 Å². The van der Waals surface area contributed by atoms with Crippen molar-refractivity contribution in [2.75, 3.05) is 12.3 Å². The van der Waals surface area contributed by atoms with Gasteiger partial charge >= 0.3 is 0 Å². The zero-order chi connectivity index (χ0) is 6.41. The van der Waals surface area contributed by atoms with Crippen molar-refractivity contribution in [1.29, 1.82) is 0 Å². The van der Waals surface area contributed by atoms with Gasteiger partial charge in [0.1, 0.15) is 0 Å². The van der Waals surface area contributed by atoms with E-state index in [2.05, 4.69) is 31.5 Å². The van der Waals surface area contributed by atoms with E-state index >= 15 is 0 Å². The fourth-order valence-electron chi connectivity index (χ4n) is 0.343. The van der Waals surface area contributed by atoms with Gasteiger partial charge in [-0.25, -0.2) is 0 Å². The van der Waals surface area contributed by atoms with Gasteiger partial charge < -0.3 is 0 Å². The molecule has 0 unspecified atom stereocenters. The summed E-state index contributed by atoms with van der Waals surface area (Å²) in [6, 6.07) is 0. The molecule has 0 saturated heterocycles. The zero-order valence-electron chi connectivity index (χ0n) is 5.46. The molecule has 0 aliphatic heterocycles. The summed E-state index contributed by atoms with van der Waals surface area (Å²) in [7, 11) is 0. The van der Waals surface area contributed by atoms with Gasteiger partial charge in [0.2, 0.25) is 0 Å². The van der Waals surface area contributed by atoms with Gasteiger partial charge in [-0.2, -0.15) is 12.6 Å². The van der Waals surface area contributed by atoms with Crippen molar-refractivity contribution in [3.63, 3.8) is 0 Å². The highest BCUT2D eigenvalue weighted by molar-refractivity contribution is 7.80. The third-order valence-corrected chi connectivity index (χ3v) is 0.833. The summed E-state index contributed by atoms with van der Waals surface area (Å²) in [4.78, 5) is 4.09. The van der Waals surface area contributed by atoms with Gasteiger partial charge in [0, 0.05) is 18.5 Å². The highest BCUT2D eigenvalue weighted by Gasteiger charge is 1.81. The average molecular weight is 131 g/mol. The summed E-state index contributed by atoms with van der Waals surface area (Å²) < 4.78 is 0. The van der Waals surface area contributed by atoms with Gasteiger partial charge in [0.15, 0.2) is 0 Å². The lowest BCUT2D eigenvalue weighted by Gasteiger charge is -1.90. The molecular weight excluding hydrogens is 118 g/mol. The Bertz CT molecular complexity index is 68.9. The van der Waals surface area contributed by atoms with E-state index in [4.69, 9.17) is 0 Å². The lowest BCUT2D eigenvalue weighted by Crippen LogP contribution is -1.89. The van der Waals surface area contributed by atoms with Crippen LogP contribution in [0, 0.1) is 5.92 Å². The SMILES string of the molecule is CC(C)C=NCCS. The highest BCUT2D eigenvalue weighted by Crippen LogP contribution is 1.84. The minimum Gasteiger partial charge on any atom is -0.296 e. The Balaban J connectivity index is 3.07. The molecule has 0 fully saturated rings. The first-order chi connectivity index (χ1) is 3.77. The predicted molar refractivity (Wildman–Crippen MR) is 42.1 cm³/mol. The first-order valence-corrected chi connectivity index (χ1v) is 3.51. The van der Waals surface area contributed by atoms with Crippen molar-refractivity contribution in [2.24, 2.45) is 10.9 Å². The molecule has 0 rings (SSSR count). The summed E-state index contributed by atoms with van der Waals surface area (Å²) in [5.41, 5.74) is 0. The minimum atomic E-state index is 0.579. The molecule has 0 N–H and O–H groups in total. The van der Waals surface area contributed by atoms with E-state index in [0.29, 0.717) is 5.92 Å². The summed E-state index contributed by atoms with van der Waals surface area (Å²) >= 11 is 4.01. The second-order valence-corrected chi connectivity index (χ2v) is 2.47. The molecule has 0 spiro atoms. The molecule has 0 radical (unpaired) electrons. The van der Waals surface area contributed by atoms with Gasteiger partial charge in [0.25, 0.3) is 0 Å². The Labute approximate surface area is 56.6 Å². The molecule has 0 aliphatic carbocycles. The van der Waals surface area contributed by atoms with Crippen molar-refractivity contribution in [3.05, 3.63) is 0 Å². The monoisotopic (exact) mass is 131 g/mol. The van der Waals surface area contributed by atoms with Crippen LogP contribution in [0.2, 0.25) is 0 Å². The van der Waals surface area contributed by atoms with Crippen LogP contribution in [0.15, 0.2) is 4.99 Å².